The van der Waals surface area contributed by atoms with Crippen molar-refractivity contribution in [2.75, 3.05) is 0 Å². The van der Waals surface area contributed by atoms with E-state index >= 15 is 0 Å². The lowest BCUT2D eigenvalue weighted by molar-refractivity contribution is 0.242. The topological polar surface area (TPSA) is 27.1 Å². The number of imidazole rings is 1. The van der Waals surface area contributed by atoms with Crippen LogP contribution in [-0.4, -0.2) is 15.7 Å². The second kappa shape index (κ2) is 6.53. The van der Waals surface area contributed by atoms with Crippen LogP contribution in [0.2, 0.25) is 0 Å². The van der Waals surface area contributed by atoms with Crippen molar-refractivity contribution in [1.82, 2.24) is 9.55 Å². The molecule has 0 saturated heterocycles. The number of aromatic nitrogens is 2. The number of fused-ring (bicyclic) bond motifs is 1. The second-order valence-electron chi connectivity index (χ2n) is 5.84. The van der Waals surface area contributed by atoms with Crippen molar-refractivity contribution >= 4 is 23.7 Å². The molecule has 1 heterocycles. The van der Waals surface area contributed by atoms with Gasteiger partial charge >= 0.3 is 0 Å². The second-order valence-corrected chi connectivity index (χ2v) is 6.15. The molecule has 0 saturated carbocycles. The van der Waals surface area contributed by atoms with Crippen LogP contribution >= 0.6 is 12.6 Å². The van der Waals surface area contributed by atoms with E-state index in [1.807, 2.05) is 26.0 Å². The molecule has 0 fully saturated rings. The van der Waals surface area contributed by atoms with E-state index in [2.05, 4.69) is 42.1 Å². The lowest BCUT2D eigenvalue weighted by Gasteiger charge is -2.11. The normalized spacial score (nSPS) is 11.8. The number of benzene rings is 1. The molecule has 110 valence electrons. The Balaban J connectivity index is 2.36. The minimum atomic E-state index is 0.180. The van der Waals surface area contributed by atoms with E-state index in [9.17, 15) is 0 Å². The fourth-order valence-corrected chi connectivity index (χ4v) is 2.50. The Labute approximate surface area is 126 Å². The van der Waals surface area contributed by atoms with Crippen LogP contribution in [0.4, 0.5) is 0 Å². The Morgan fingerprint density at radius 1 is 1.25 bits per heavy atom. The molecular formula is C16H24N2OS. The fourth-order valence-electron chi connectivity index (χ4n) is 2.26. The molecule has 0 amide bonds. The summed E-state index contributed by atoms with van der Waals surface area (Å²) in [6.07, 6.45) is 1.33. The zero-order valence-electron chi connectivity index (χ0n) is 12.8. The number of thiol groups is 1. The lowest BCUT2D eigenvalue weighted by atomic mass is 10.1. The van der Waals surface area contributed by atoms with E-state index in [-0.39, 0.29) is 6.10 Å². The predicted octanol–water partition coefficient (Wildman–Crippen LogP) is 4.30. The highest BCUT2D eigenvalue weighted by atomic mass is 32.1. The molecule has 0 unspecified atom stereocenters. The molecule has 0 bridgehead atoms. The molecule has 0 radical (unpaired) electrons. The van der Waals surface area contributed by atoms with Crippen LogP contribution in [-0.2, 0) is 12.3 Å². The summed E-state index contributed by atoms with van der Waals surface area (Å²) in [4.78, 5) is 4.68. The maximum Gasteiger partial charge on any atom is 0.121 e. The van der Waals surface area contributed by atoms with Gasteiger partial charge in [-0.3, -0.25) is 0 Å². The van der Waals surface area contributed by atoms with Gasteiger partial charge in [-0.15, -0.1) is 0 Å². The summed E-state index contributed by atoms with van der Waals surface area (Å²) >= 11 is 4.40. The summed E-state index contributed by atoms with van der Waals surface area (Å²) in [5.74, 6) is 3.26. The fraction of sp³-hybridized carbons (Fsp3) is 0.562. The van der Waals surface area contributed by atoms with E-state index in [4.69, 9.17) is 4.74 Å². The van der Waals surface area contributed by atoms with E-state index in [1.54, 1.807) is 0 Å². The third-order valence-corrected chi connectivity index (χ3v) is 3.52. The molecule has 3 nitrogen and oxygen atoms in total. The quantitative estimate of drug-likeness (QED) is 0.804. The van der Waals surface area contributed by atoms with Crippen molar-refractivity contribution in [2.24, 2.45) is 5.92 Å². The molecule has 0 N–H and O–H groups in total. The van der Waals surface area contributed by atoms with Crippen LogP contribution in [0.3, 0.4) is 0 Å². The molecule has 20 heavy (non-hydrogen) atoms. The Morgan fingerprint density at radius 3 is 2.60 bits per heavy atom. The van der Waals surface area contributed by atoms with Gasteiger partial charge in [0.05, 0.1) is 17.1 Å². The number of aryl methyl sites for hydroxylation is 1. The Hall–Kier alpha value is -1.16. The Morgan fingerprint density at radius 2 is 2.00 bits per heavy atom. The molecule has 2 rings (SSSR count). The van der Waals surface area contributed by atoms with Crippen LogP contribution in [0.25, 0.3) is 11.0 Å². The Kier molecular flexibility index (Phi) is 4.97. The van der Waals surface area contributed by atoms with Crippen LogP contribution in [0, 0.1) is 5.92 Å². The number of rotatable bonds is 6. The van der Waals surface area contributed by atoms with E-state index in [1.165, 1.54) is 5.52 Å². The molecule has 2 aromatic rings. The average molecular weight is 292 g/mol. The van der Waals surface area contributed by atoms with Crippen molar-refractivity contribution in [3.63, 3.8) is 0 Å². The molecule has 0 aliphatic carbocycles. The number of ether oxygens (including phenoxy) is 1. The van der Waals surface area contributed by atoms with Crippen molar-refractivity contribution in [2.45, 2.75) is 52.5 Å². The minimum Gasteiger partial charge on any atom is -0.491 e. The van der Waals surface area contributed by atoms with Gasteiger partial charge in [-0.05, 0) is 38.3 Å². The van der Waals surface area contributed by atoms with E-state index < -0.39 is 0 Å². The average Bonchev–Trinajstić information content (AvgIpc) is 2.72. The maximum atomic E-state index is 5.73. The summed E-state index contributed by atoms with van der Waals surface area (Å²) < 4.78 is 8.01. The highest BCUT2D eigenvalue weighted by molar-refractivity contribution is 7.79. The van der Waals surface area contributed by atoms with Crippen molar-refractivity contribution < 1.29 is 4.74 Å². The summed E-state index contributed by atoms with van der Waals surface area (Å²) in [7, 11) is 0. The summed E-state index contributed by atoms with van der Waals surface area (Å²) in [6, 6.07) is 6.15. The first-order valence-corrected chi connectivity index (χ1v) is 7.91. The molecule has 0 spiro atoms. The molecule has 0 aliphatic rings. The molecule has 0 atom stereocenters. The summed E-state index contributed by atoms with van der Waals surface area (Å²) in [5.41, 5.74) is 2.17. The largest absolute Gasteiger partial charge is 0.491 e. The molecular weight excluding hydrogens is 268 g/mol. The predicted molar refractivity (Wildman–Crippen MR) is 87.6 cm³/mol. The van der Waals surface area contributed by atoms with Crippen molar-refractivity contribution in [1.29, 1.82) is 0 Å². The van der Waals surface area contributed by atoms with Gasteiger partial charge < -0.3 is 9.30 Å². The van der Waals surface area contributed by atoms with Gasteiger partial charge in [-0.25, -0.2) is 4.98 Å². The van der Waals surface area contributed by atoms with E-state index in [0.717, 1.165) is 30.1 Å². The van der Waals surface area contributed by atoms with Crippen molar-refractivity contribution in [3.05, 3.63) is 24.0 Å². The lowest BCUT2D eigenvalue weighted by Crippen LogP contribution is -2.06. The smallest absolute Gasteiger partial charge is 0.121 e. The van der Waals surface area contributed by atoms with Gasteiger partial charge in [0.25, 0.3) is 0 Å². The molecule has 4 heteroatoms. The van der Waals surface area contributed by atoms with Crippen LogP contribution in [0.5, 0.6) is 5.75 Å². The first-order valence-electron chi connectivity index (χ1n) is 7.28. The molecule has 1 aromatic carbocycles. The van der Waals surface area contributed by atoms with Gasteiger partial charge in [0.2, 0.25) is 0 Å². The van der Waals surface area contributed by atoms with Crippen LogP contribution < -0.4 is 4.74 Å². The zero-order chi connectivity index (χ0) is 14.7. The van der Waals surface area contributed by atoms with Gasteiger partial charge in [-0.1, -0.05) is 13.8 Å². The third kappa shape index (κ3) is 3.48. The minimum absolute atomic E-state index is 0.180. The summed E-state index contributed by atoms with van der Waals surface area (Å²) in [5, 5.41) is 0. The highest BCUT2D eigenvalue weighted by Crippen LogP contribution is 2.24. The van der Waals surface area contributed by atoms with Crippen LogP contribution in [0.1, 0.15) is 39.9 Å². The van der Waals surface area contributed by atoms with Gasteiger partial charge in [-0.2, -0.15) is 12.6 Å². The number of hydrogen-bond acceptors (Lipinski definition) is 3. The zero-order valence-corrected chi connectivity index (χ0v) is 13.7. The van der Waals surface area contributed by atoms with Gasteiger partial charge in [0.15, 0.2) is 0 Å². The van der Waals surface area contributed by atoms with Crippen LogP contribution in [0.15, 0.2) is 18.2 Å². The van der Waals surface area contributed by atoms with E-state index in [0.29, 0.717) is 11.7 Å². The highest BCUT2D eigenvalue weighted by Gasteiger charge is 2.11. The first kappa shape index (κ1) is 15.2. The SMILES string of the molecule is CC(C)CCn1c(CS)nc2cc(OC(C)C)ccc21. The monoisotopic (exact) mass is 292 g/mol. The number of nitrogens with zero attached hydrogens (tertiary/aromatic N) is 2. The first-order chi connectivity index (χ1) is 9.51. The third-order valence-electron chi connectivity index (χ3n) is 3.24. The standard InChI is InChI=1S/C16H24N2OS/c1-11(2)7-8-18-15-6-5-13(19-12(3)4)9-14(15)17-16(18)10-20/h5-6,9,11-12,20H,7-8,10H2,1-4H3. The maximum absolute atomic E-state index is 5.73. The number of hydrogen-bond donors (Lipinski definition) is 1. The molecule has 1 aromatic heterocycles. The molecule has 0 aliphatic heterocycles. The van der Waals surface area contributed by atoms with Gasteiger partial charge in [0, 0.05) is 18.4 Å². The van der Waals surface area contributed by atoms with Gasteiger partial charge in [0.1, 0.15) is 11.6 Å². The summed E-state index contributed by atoms with van der Waals surface area (Å²) in [6.45, 7) is 9.55. The van der Waals surface area contributed by atoms with Crippen molar-refractivity contribution in [3.8, 4) is 5.75 Å². The Bertz CT molecular complexity index is 575.